The van der Waals surface area contributed by atoms with Crippen LogP contribution in [0, 0.1) is 0 Å². The molecule has 0 fully saturated rings. The van der Waals surface area contributed by atoms with E-state index < -0.39 is 0 Å². The molecule has 7 aromatic rings. The molecule has 0 bridgehead atoms. The second kappa shape index (κ2) is 13.4. The first-order valence-corrected chi connectivity index (χ1v) is 18.7. The quantitative estimate of drug-likeness (QED) is 0.122. The van der Waals surface area contributed by atoms with Gasteiger partial charge in [0.25, 0.3) is 0 Å². The molecule has 250 valence electrons. The van der Waals surface area contributed by atoms with E-state index in [4.69, 9.17) is 0 Å². The molecular weight excluding hydrogens is 740 g/mol. The van der Waals surface area contributed by atoms with Crippen molar-refractivity contribution in [3.8, 4) is 0 Å². The van der Waals surface area contributed by atoms with E-state index in [1.165, 1.54) is 32.7 Å². The molecule has 7 rings (SSSR count). The highest BCUT2D eigenvalue weighted by Gasteiger charge is 2.26. The van der Waals surface area contributed by atoms with Gasteiger partial charge in [0, 0.05) is 53.2 Å². The maximum Gasteiger partial charge on any atom is 0.0619 e. The Balaban J connectivity index is 1.56. The molecule has 0 saturated heterocycles. The number of rotatable bonds is 6. The smallest absolute Gasteiger partial charge is 0.0619 e. The Kier molecular flexibility index (Phi) is 9.13. The van der Waals surface area contributed by atoms with E-state index in [0.29, 0.717) is 0 Å². The summed E-state index contributed by atoms with van der Waals surface area (Å²) in [6.45, 7) is 13.6. The third-order valence-corrected chi connectivity index (χ3v) is 10.5. The van der Waals surface area contributed by atoms with Crippen LogP contribution in [0.2, 0.25) is 0 Å². The Labute approximate surface area is 313 Å². The first kappa shape index (κ1) is 34.1. The maximum absolute atomic E-state index is 3.68. The molecule has 0 amide bonds. The van der Waals surface area contributed by atoms with Crippen LogP contribution in [0.25, 0.3) is 21.5 Å². The minimum absolute atomic E-state index is 0.0591. The van der Waals surface area contributed by atoms with Gasteiger partial charge in [-0.2, -0.15) is 0 Å². The van der Waals surface area contributed by atoms with Crippen molar-refractivity contribution in [2.75, 3.05) is 9.80 Å². The van der Waals surface area contributed by atoms with Gasteiger partial charge < -0.3 is 9.80 Å². The van der Waals surface area contributed by atoms with Gasteiger partial charge in [0.15, 0.2) is 0 Å². The molecule has 0 N–H and O–H groups in total. The van der Waals surface area contributed by atoms with Crippen molar-refractivity contribution in [3.63, 3.8) is 0 Å². The average Bonchev–Trinajstić information content (AvgIpc) is 3.10. The summed E-state index contributed by atoms with van der Waals surface area (Å²) in [5.41, 5.74) is 9.48. The Morgan fingerprint density at radius 1 is 0.340 bits per heavy atom. The summed E-state index contributed by atoms with van der Waals surface area (Å²) >= 11 is 7.36. The normalized spacial score (nSPS) is 12.0. The molecule has 0 aliphatic carbocycles. The lowest BCUT2D eigenvalue weighted by Gasteiger charge is -2.33. The van der Waals surface area contributed by atoms with Gasteiger partial charge in [-0.1, -0.05) is 146 Å². The molecule has 0 unspecified atom stereocenters. The van der Waals surface area contributed by atoms with Gasteiger partial charge in [-0.25, -0.2) is 0 Å². The highest BCUT2D eigenvalue weighted by Crippen LogP contribution is 2.51. The highest BCUT2D eigenvalue weighted by molar-refractivity contribution is 9.10. The third kappa shape index (κ3) is 6.59. The molecule has 50 heavy (non-hydrogen) atoms. The van der Waals surface area contributed by atoms with Gasteiger partial charge in [0.1, 0.15) is 0 Å². The molecular formula is C46H42Br2N2. The van der Waals surface area contributed by atoms with Crippen LogP contribution in [-0.2, 0) is 10.8 Å². The lowest BCUT2D eigenvalue weighted by molar-refractivity contribution is 0.590. The number of hydrogen-bond acceptors (Lipinski definition) is 2. The van der Waals surface area contributed by atoms with Crippen molar-refractivity contribution in [1.82, 2.24) is 0 Å². The van der Waals surface area contributed by atoms with Crippen LogP contribution in [0.4, 0.5) is 34.1 Å². The van der Waals surface area contributed by atoms with Crippen LogP contribution < -0.4 is 9.80 Å². The molecule has 0 aliphatic heterocycles. The number of nitrogens with zero attached hydrogens (tertiary/aromatic N) is 2. The zero-order valence-electron chi connectivity index (χ0n) is 29.5. The largest absolute Gasteiger partial charge is 0.309 e. The summed E-state index contributed by atoms with van der Waals surface area (Å²) in [4.78, 5) is 4.85. The van der Waals surface area contributed by atoms with E-state index in [-0.39, 0.29) is 10.8 Å². The Morgan fingerprint density at radius 2 is 0.580 bits per heavy atom. The second-order valence-electron chi connectivity index (χ2n) is 15.0. The van der Waals surface area contributed by atoms with E-state index in [9.17, 15) is 0 Å². The summed E-state index contributed by atoms with van der Waals surface area (Å²) in [6, 6.07) is 53.2. The fraction of sp³-hybridized carbons (Fsp3) is 0.174. The molecule has 0 heterocycles. The van der Waals surface area contributed by atoms with Crippen molar-refractivity contribution < 1.29 is 0 Å². The fourth-order valence-corrected chi connectivity index (χ4v) is 7.31. The summed E-state index contributed by atoms with van der Waals surface area (Å²) in [5, 5.41) is 4.71. The Hall–Kier alpha value is -4.38. The summed E-state index contributed by atoms with van der Waals surface area (Å²) in [5.74, 6) is 0. The predicted octanol–water partition coefficient (Wildman–Crippen LogP) is 15.1. The molecule has 4 heteroatoms. The minimum atomic E-state index is 0.0591. The molecule has 7 aromatic carbocycles. The van der Waals surface area contributed by atoms with Crippen molar-refractivity contribution in [3.05, 3.63) is 166 Å². The van der Waals surface area contributed by atoms with Crippen LogP contribution in [-0.4, -0.2) is 0 Å². The zero-order chi connectivity index (χ0) is 35.2. The summed E-state index contributed by atoms with van der Waals surface area (Å²) < 4.78 is 2.11. The lowest BCUT2D eigenvalue weighted by Crippen LogP contribution is -2.16. The van der Waals surface area contributed by atoms with E-state index in [1.54, 1.807) is 0 Å². The van der Waals surface area contributed by atoms with E-state index in [2.05, 4.69) is 229 Å². The number of halogens is 2. The molecule has 0 spiro atoms. The molecule has 0 atom stereocenters. The van der Waals surface area contributed by atoms with Crippen LogP contribution in [0.5, 0.6) is 0 Å². The number of fused-ring (bicyclic) bond motifs is 2. The monoisotopic (exact) mass is 780 g/mol. The highest BCUT2D eigenvalue weighted by atomic mass is 79.9. The van der Waals surface area contributed by atoms with Crippen LogP contribution in [0.3, 0.4) is 0 Å². The Morgan fingerprint density at radius 3 is 0.820 bits per heavy atom. The molecule has 0 aliphatic rings. The molecule has 2 nitrogen and oxygen atoms in total. The van der Waals surface area contributed by atoms with Crippen molar-refractivity contribution in [2.45, 2.75) is 52.4 Å². The van der Waals surface area contributed by atoms with Gasteiger partial charge in [-0.15, -0.1) is 0 Å². The summed E-state index contributed by atoms with van der Waals surface area (Å²) in [7, 11) is 0. The SMILES string of the molecule is CC(C)(C)c1ccc(N(c2ccc(Br)cc2)c2c3ccccc3c(N(c3ccc(Br)cc3)c3ccc(C(C)(C)C)cc3)c3ccccc23)cc1. The van der Waals surface area contributed by atoms with Crippen molar-refractivity contribution in [2.24, 2.45) is 0 Å². The topological polar surface area (TPSA) is 6.48 Å². The first-order valence-electron chi connectivity index (χ1n) is 17.2. The van der Waals surface area contributed by atoms with Crippen molar-refractivity contribution >= 4 is 87.5 Å². The van der Waals surface area contributed by atoms with Gasteiger partial charge >= 0.3 is 0 Å². The van der Waals surface area contributed by atoms with Gasteiger partial charge in [-0.05, 0) is 94.8 Å². The van der Waals surface area contributed by atoms with Crippen LogP contribution in [0.15, 0.2) is 155 Å². The second-order valence-corrected chi connectivity index (χ2v) is 16.8. The standard InChI is InChI=1S/C46H42Br2N2/c1-45(2,3)31-15-23-35(24-16-31)49(37-27-19-33(47)20-28-37)43-39-11-7-9-13-41(39)44(42-14-10-8-12-40(42)43)50(38-29-21-34(48)22-30-38)36-25-17-32(18-26-36)46(4,5)6/h7-30H,1-6H3. The molecule has 0 aromatic heterocycles. The fourth-order valence-electron chi connectivity index (χ4n) is 6.78. The lowest BCUT2D eigenvalue weighted by atomic mass is 9.87. The Bertz CT molecular complexity index is 2050. The van der Waals surface area contributed by atoms with E-state index >= 15 is 0 Å². The first-order chi connectivity index (χ1) is 23.9. The molecule has 0 radical (unpaired) electrons. The third-order valence-electron chi connectivity index (χ3n) is 9.47. The van der Waals surface area contributed by atoms with Crippen molar-refractivity contribution in [1.29, 1.82) is 0 Å². The number of hydrogen-bond donors (Lipinski definition) is 0. The number of anilines is 6. The van der Waals surface area contributed by atoms with E-state index in [0.717, 1.165) is 43.1 Å². The van der Waals surface area contributed by atoms with Gasteiger partial charge in [0.2, 0.25) is 0 Å². The summed E-state index contributed by atoms with van der Waals surface area (Å²) in [6.07, 6.45) is 0. The average molecular weight is 783 g/mol. The maximum atomic E-state index is 3.68. The van der Waals surface area contributed by atoms with Gasteiger partial charge in [-0.3, -0.25) is 0 Å². The number of benzene rings is 7. The predicted molar refractivity (Wildman–Crippen MR) is 224 cm³/mol. The zero-order valence-corrected chi connectivity index (χ0v) is 32.7. The minimum Gasteiger partial charge on any atom is -0.309 e. The van der Waals surface area contributed by atoms with Crippen LogP contribution in [0.1, 0.15) is 52.7 Å². The molecule has 0 saturated carbocycles. The van der Waals surface area contributed by atoms with Gasteiger partial charge in [0.05, 0.1) is 11.4 Å². The van der Waals surface area contributed by atoms with Crippen LogP contribution >= 0.6 is 31.9 Å². The van der Waals surface area contributed by atoms with E-state index in [1.807, 2.05) is 0 Å².